The molecule has 1 N–H and O–H groups in total. The van der Waals surface area contributed by atoms with E-state index < -0.39 is 5.60 Å². The van der Waals surface area contributed by atoms with Crippen LogP contribution in [0.1, 0.15) is 48.4 Å². The number of hydrogen-bond acceptors (Lipinski definition) is 4. The molecule has 0 bridgehead atoms. The van der Waals surface area contributed by atoms with E-state index in [0.29, 0.717) is 10.9 Å². The number of pyridine rings is 1. The molecule has 0 spiro atoms. The first-order valence-electron chi connectivity index (χ1n) is 12.2. The largest absolute Gasteiger partial charge is 0.438 e. The molecule has 2 aliphatic heterocycles. The summed E-state index contributed by atoms with van der Waals surface area (Å²) in [5.74, 6) is 1.60. The number of aliphatic hydroxyl groups is 1. The van der Waals surface area contributed by atoms with E-state index in [0.717, 1.165) is 68.6 Å². The number of ether oxygens (including phenoxy) is 1. The van der Waals surface area contributed by atoms with Crippen molar-refractivity contribution in [2.24, 2.45) is 0 Å². The average Bonchev–Trinajstić information content (AvgIpc) is 3.02. The SMILES string of the molecule is CCc1cccc2c1CC(=CCCN1CCC(O)(c3ccc(Cl)cc3)CC1)c1cccnc1O2. The van der Waals surface area contributed by atoms with Gasteiger partial charge in [-0.1, -0.05) is 48.9 Å². The smallest absolute Gasteiger partial charge is 0.226 e. The quantitative estimate of drug-likeness (QED) is 0.464. The molecule has 4 nitrogen and oxygen atoms in total. The van der Waals surface area contributed by atoms with Gasteiger partial charge in [-0.15, -0.1) is 0 Å². The zero-order valence-corrected chi connectivity index (χ0v) is 20.4. The summed E-state index contributed by atoms with van der Waals surface area (Å²) in [6.07, 6.45) is 8.40. The highest BCUT2D eigenvalue weighted by molar-refractivity contribution is 6.30. The fraction of sp³-hybridized carbons (Fsp3) is 0.345. The van der Waals surface area contributed by atoms with E-state index in [1.165, 1.54) is 16.7 Å². The molecule has 1 fully saturated rings. The summed E-state index contributed by atoms with van der Waals surface area (Å²) in [5, 5.41) is 11.9. The Morgan fingerprint density at radius 3 is 2.65 bits per heavy atom. The van der Waals surface area contributed by atoms with Crippen molar-refractivity contribution in [2.75, 3.05) is 19.6 Å². The minimum Gasteiger partial charge on any atom is -0.438 e. The molecule has 2 aromatic carbocycles. The van der Waals surface area contributed by atoms with Gasteiger partial charge in [-0.05, 0) is 72.7 Å². The van der Waals surface area contributed by atoms with Crippen LogP contribution in [0.2, 0.25) is 5.02 Å². The van der Waals surface area contributed by atoms with Crippen LogP contribution in [0.5, 0.6) is 11.6 Å². The molecular formula is C29H31ClN2O2. The fourth-order valence-corrected chi connectivity index (χ4v) is 5.27. The first-order valence-corrected chi connectivity index (χ1v) is 12.6. The number of halogens is 1. The topological polar surface area (TPSA) is 45.6 Å². The third-order valence-corrected chi connectivity index (χ3v) is 7.45. The van der Waals surface area contributed by atoms with Gasteiger partial charge in [0, 0.05) is 48.4 Å². The minimum atomic E-state index is -0.761. The minimum absolute atomic E-state index is 0.687. The van der Waals surface area contributed by atoms with Gasteiger partial charge < -0.3 is 14.7 Å². The Kier molecular flexibility index (Phi) is 6.73. The number of piperidine rings is 1. The van der Waals surface area contributed by atoms with E-state index in [1.54, 1.807) is 6.20 Å². The van der Waals surface area contributed by atoms with E-state index in [2.05, 4.69) is 41.1 Å². The van der Waals surface area contributed by atoms with Crippen LogP contribution >= 0.6 is 11.6 Å². The van der Waals surface area contributed by atoms with Crippen LogP contribution in [0.3, 0.4) is 0 Å². The van der Waals surface area contributed by atoms with Crippen LogP contribution in [-0.2, 0) is 18.4 Å². The summed E-state index contributed by atoms with van der Waals surface area (Å²) < 4.78 is 6.25. The maximum atomic E-state index is 11.2. The number of likely N-dealkylation sites (tertiary alicyclic amines) is 1. The van der Waals surface area contributed by atoms with Crippen LogP contribution in [0, 0.1) is 0 Å². The summed E-state index contributed by atoms with van der Waals surface area (Å²) in [7, 11) is 0. The normalized spacial score (nSPS) is 18.6. The molecule has 0 atom stereocenters. The van der Waals surface area contributed by atoms with Crippen molar-refractivity contribution < 1.29 is 9.84 Å². The van der Waals surface area contributed by atoms with Gasteiger partial charge in [-0.25, -0.2) is 4.98 Å². The number of fused-ring (bicyclic) bond motifs is 2. The Bertz CT molecular complexity index is 1180. The van der Waals surface area contributed by atoms with Gasteiger partial charge in [0.1, 0.15) is 5.75 Å². The second-order valence-electron chi connectivity index (χ2n) is 9.28. The van der Waals surface area contributed by atoms with Crippen molar-refractivity contribution in [3.05, 3.63) is 94.1 Å². The number of benzene rings is 2. The molecule has 2 aliphatic rings. The Labute approximate surface area is 206 Å². The van der Waals surface area contributed by atoms with Crippen molar-refractivity contribution in [3.63, 3.8) is 0 Å². The molecule has 34 heavy (non-hydrogen) atoms. The summed E-state index contributed by atoms with van der Waals surface area (Å²) in [5.41, 5.74) is 5.15. The van der Waals surface area contributed by atoms with Crippen molar-refractivity contribution in [1.82, 2.24) is 9.88 Å². The summed E-state index contributed by atoms with van der Waals surface area (Å²) in [4.78, 5) is 6.97. The van der Waals surface area contributed by atoms with Crippen LogP contribution < -0.4 is 4.74 Å². The van der Waals surface area contributed by atoms with Crippen LogP contribution in [0.15, 0.2) is 66.9 Å². The van der Waals surface area contributed by atoms with E-state index in [1.807, 2.05) is 36.4 Å². The van der Waals surface area contributed by atoms with Crippen molar-refractivity contribution in [2.45, 2.75) is 44.6 Å². The zero-order valence-electron chi connectivity index (χ0n) is 19.6. The molecule has 0 radical (unpaired) electrons. The van der Waals surface area contributed by atoms with Gasteiger partial charge in [0.15, 0.2) is 0 Å². The van der Waals surface area contributed by atoms with Crippen molar-refractivity contribution >= 4 is 17.2 Å². The number of rotatable bonds is 5. The summed E-state index contributed by atoms with van der Waals surface area (Å²) >= 11 is 6.02. The fourth-order valence-electron chi connectivity index (χ4n) is 5.14. The first kappa shape index (κ1) is 23.1. The number of nitrogens with zero attached hydrogens (tertiary/aromatic N) is 2. The lowest BCUT2D eigenvalue weighted by molar-refractivity contribution is -0.0254. The monoisotopic (exact) mass is 474 g/mol. The van der Waals surface area contributed by atoms with Crippen molar-refractivity contribution in [3.8, 4) is 11.6 Å². The molecule has 176 valence electrons. The number of hydrogen-bond donors (Lipinski definition) is 1. The van der Waals surface area contributed by atoms with Crippen molar-refractivity contribution in [1.29, 1.82) is 0 Å². The zero-order chi connectivity index (χ0) is 23.5. The molecule has 5 heteroatoms. The Hall–Kier alpha value is -2.66. The number of aryl methyl sites for hydroxylation is 1. The summed E-state index contributed by atoms with van der Waals surface area (Å²) in [6, 6.07) is 18.0. The number of aromatic nitrogens is 1. The Morgan fingerprint density at radius 2 is 1.88 bits per heavy atom. The molecule has 0 aliphatic carbocycles. The van der Waals surface area contributed by atoms with Crippen LogP contribution in [-0.4, -0.2) is 34.6 Å². The molecule has 0 unspecified atom stereocenters. The molecule has 1 saturated heterocycles. The lowest BCUT2D eigenvalue weighted by Gasteiger charge is -2.38. The third-order valence-electron chi connectivity index (χ3n) is 7.20. The Morgan fingerprint density at radius 1 is 1.09 bits per heavy atom. The second kappa shape index (κ2) is 9.91. The van der Waals surface area contributed by atoms with E-state index in [9.17, 15) is 5.11 Å². The van der Waals surface area contributed by atoms with E-state index in [4.69, 9.17) is 16.3 Å². The third kappa shape index (κ3) is 4.76. The molecular weight excluding hydrogens is 444 g/mol. The van der Waals surface area contributed by atoms with Gasteiger partial charge in [-0.2, -0.15) is 0 Å². The second-order valence-corrected chi connectivity index (χ2v) is 9.72. The predicted molar refractivity (Wildman–Crippen MR) is 137 cm³/mol. The molecule has 0 saturated carbocycles. The van der Waals surface area contributed by atoms with Gasteiger partial charge in [-0.3, -0.25) is 0 Å². The van der Waals surface area contributed by atoms with Gasteiger partial charge in [0.2, 0.25) is 5.88 Å². The Balaban J connectivity index is 1.28. The van der Waals surface area contributed by atoms with Gasteiger partial charge >= 0.3 is 0 Å². The molecule has 3 aromatic rings. The lowest BCUT2D eigenvalue weighted by atomic mass is 9.84. The first-order chi connectivity index (χ1) is 16.6. The van der Waals surface area contributed by atoms with E-state index >= 15 is 0 Å². The molecule has 1 aromatic heterocycles. The standard InChI is InChI=1S/C29H31ClN2O2/c1-2-21-6-3-9-27-26(21)20-22(25-8-4-16-31-28(25)34-27)7-5-17-32-18-14-29(33,15-19-32)23-10-12-24(30)13-11-23/h3-4,6-13,16,33H,2,5,14-15,17-20H2,1H3. The molecule has 5 rings (SSSR count). The highest BCUT2D eigenvalue weighted by Crippen LogP contribution is 2.39. The van der Waals surface area contributed by atoms with E-state index in [-0.39, 0.29) is 0 Å². The highest BCUT2D eigenvalue weighted by atomic mass is 35.5. The predicted octanol–water partition coefficient (Wildman–Crippen LogP) is 6.40. The maximum Gasteiger partial charge on any atom is 0.226 e. The maximum absolute atomic E-state index is 11.2. The average molecular weight is 475 g/mol. The van der Waals surface area contributed by atoms with Gasteiger partial charge in [0.25, 0.3) is 0 Å². The van der Waals surface area contributed by atoms with Crippen LogP contribution in [0.25, 0.3) is 5.57 Å². The van der Waals surface area contributed by atoms with Gasteiger partial charge in [0.05, 0.1) is 5.60 Å². The van der Waals surface area contributed by atoms with Crippen LogP contribution in [0.4, 0.5) is 0 Å². The molecule has 0 amide bonds. The molecule has 3 heterocycles. The summed E-state index contributed by atoms with van der Waals surface area (Å²) in [6.45, 7) is 4.93. The lowest BCUT2D eigenvalue weighted by Crippen LogP contribution is -2.42. The highest BCUT2D eigenvalue weighted by Gasteiger charge is 2.33. The number of allylic oxidation sites excluding steroid dienone is 1.